The monoisotopic (exact) mass is 472 g/mol. The molecule has 2 aromatic heterocycles. The largest absolute Gasteiger partial charge is 0.496 e. The number of hydrogen-bond donors (Lipinski definition) is 0. The topological polar surface area (TPSA) is 62.1 Å². The number of thioether (sulfide) groups is 1. The summed E-state index contributed by atoms with van der Waals surface area (Å²) < 4.78 is 12.8. The Kier molecular flexibility index (Phi) is 6.65. The van der Waals surface area contributed by atoms with E-state index in [1.807, 2.05) is 41.0 Å². The zero-order valence-electron chi connectivity index (χ0n) is 16.8. The summed E-state index contributed by atoms with van der Waals surface area (Å²) >= 11 is 14.2. The fraction of sp³-hybridized carbons (Fsp3) is 0.136. The maximum Gasteiger partial charge on any atom is 0.196 e. The quantitative estimate of drug-likeness (QED) is 0.310. The van der Waals surface area contributed by atoms with Gasteiger partial charge in [-0.15, -0.1) is 10.2 Å². The molecule has 0 saturated heterocycles. The van der Waals surface area contributed by atoms with Crippen molar-refractivity contribution >= 4 is 35.0 Å². The van der Waals surface area contributed by atoms with Crippen LogP contribution in [0.3, 0.4) is 0 Å². The lowest BCUT2D eigenvalue weighted by Gasteiger charge is -2.14. The maximum absolute atomic E-state index is 6.41. The number of methoxy groups -OCH3 is 2. The van der Waals surface area contributed by atoms with E-state index in [2.05, 4.69) is 15.2 Å². The maximum atomic E-state index is 6.41. The molecule has 0 spiro atoms. The van der Waals surface area contributed by atoms with Crippen LogP contribution in [0, 0.1) is 0 Å². The highest BCUT2D eigenvalue weighted by molar-refractivity contribution is 7.98. The van der Waals surface area contributed by atoms with E-state index in [9.17, 15) is 0 Å². The van der Waals surface area contributed by atoms with E-state index in [1.54, 1.807) is 38.6 Å². The van der Waals surface area contributed by atoms with Gasteiger partial charge in [-0.3, -0.25) is 9.55 Å². The van der Waals surface area contributed by atoms with E-state index in [0.29, 0.717) is 38.3 Å². The van der Waals surface area contributed by atoms with Crippen LogP contribution in [0.5, 0.6) is 11.5 Å². The number of ether oxygens (including phenoxy) is 2. The Labute approximate surface area is 194 Å². The Morgan fingerprint density at radius 3 is 2.45 bits per heavy atom. The Morgan fingerprint density at radius 1 is 0.935 bits per heavy atom. The molecular weight excluding hydrogens is 455 g/mol. The number of rotatable bonds is 7. The lowest BCUT2D eigenvalue weighted by Crippen LogP contribution is -2.02. The SMILES string of the molecule is COc1ccc(-n2c(SCc3ccccn3)nnc2-c2cc(Cl)ccc2OC)cc1Cl. The van der Waals surface area contributed by atoms with Crippen molar-refractivity contribution in [2.24, 2.45) is 0 Å². The zero-order valence-corrected chi connectivity index (χ0v) is 19.1. The van der Waals surface area contributed by atoms with E-state index < -0.39 is 0 Å². The Hall–Kier alpha value is -2.74. The molecule has 0 aliphatic rings. The summed E-state index contributed by atoms with van der Waals surface area (Å²) in [7, 11) is 3.19. The summed E-state index contributed by atoms with van der Waals surface area (Å²) in [6.45, 7) is 0. The van der Waals surface area contributed by atoms with E-state index >= 15 is 0 Å². The molecule has 0 bridgehead atoms. The van der Waals surface area contributed by atoms with Crippen molar-refractivity contribution in [3.05, 3.63) is 76.5 Å². The smallest absolute Gasteiger partial charge is 0.196 e. The van der Waals surface area contributed by atoms with Gasteiger partial charge in [-0.1, -0.05) is 41.0 Å². The van der Waals surface area contributed by atoms with Crippen LogP contribution in [-0.2, 0) is 5.75 Å². The van der Waals surface area contributed by atoms with E-state index in [0.717, 1.165) is 16.9 Å². The second-order valence-corrected chi connectivity index (χ2v) is 8.20. The second kappa shape index (κ2) is 9.60. The first-order chi connectivity index (χ1) is 15.1. The third-order valence-electron chi connectivity index (χ3n) is 4.50. The molecule has 0 aliphatic carbocycles. The first-order valence-corrected chi connectivity index (χ1v) is 11.0. The normalized spacial score (nSPS) is 10.8. The molecule has 0 unspecified atom stereocenters. The summed E-state index contributed by atoms with van der Waals surface area (Å²) in [5, 5.41) is 10.6. The molecule has 2 heterocycles. The summed E-state index contributed by atoms with van der Waals surface area (Å²) in [6.07, 6.45) is 1.77. The van der Waals surface area contributed by atoms with Crippen molar-refractivity contribution in [3.8, 4) is 28.6 Å². The molecule has 0 aliphatic heterocycles. The lowest BCUT2D eigenvalue weighted by molar-refractivity contribution is 0.415. The minimum atomic E-state index is 0.485. The van der Waals surface area contributed by atoms with E-state index in [1.165, 1.54) is 11.8 Å². The number of pyridine rings is 1. The van der Waals surface area contributed by atoms with Crippen molar-refractivity contribution in [1.29, 1.82) is 0 Å². The molecule has 0 radical (unpaired) electrons. The van der Waals surface area contributed by atoms with Crippen molar-refractivity contribution in [3.63, 3.8) is 0 Å². The fourth-order valence-corrected chi connectivity index (χ4v) is 4.33. The summed E-state index contributed by atoms with van der Waals surface area (Å²) in [6, 6.07) is 16.7. The van der Waals surface area contributed by atoms with Gasteiger partial charge in [0.2, 0.25) is 0 Å². The van der Waals surface area contributed by atoms with Crippen molar-refractivity contribution in [1.82, 2.24) is 19.7 Å². The van der Waals surface area contributed by atoms with E-state index in [4.69, 9.17) is 32.7 Å². The Bertz CT molecular complexity index is 1200. The van der Waals surface area contributed by atoms with Gasteiger partial charge in [0.05, 0.1) is 36.2 Å². The second-order valence-electron chi connectivity index (χ2n) is 6.41. The Balaban J connectivity index is 1.83. The summed E-state index contributed by atoms with van der Waals surface area (Å²) in [5.41, 5.74) is 2.45. The molecule has 2 aromatic carbocycles. The summed E-state index contributed by atoms with van der Waals surface area (Å²) in [5.74, 6) is 2.45. The highest BCUT2D eigenvalue weighted by Crippen LogP contribution is 2.37. The van der Waals surface area contributed by atoms with Crippen LogP contribution in [-0.4, -0.2) is 34.0 Å². The lowest BCUT2D eigenvalue weighted by atomic mass is 10.2. The van der Waals surface area contributed by atoms with Crippen LogP contribution in [0.4, 0.5) is 0 Å². The highest BCUT2D eigenvalue weighted by Gasteiger charge is 2.20. The molecule has 31 heavy (non-hydrogen) atoms. The van der Waals surface area contributed by atoms with Crippen LogP contribution in [0.25, 0.3) is 17.1 Å². The number of benzene rings is 2. The van der Waals surface area contributed by atoms with Gasteiger partial charge in [-0.05, 0) is 48.5 Å². The fourth-order valence-electron chi connectivity index (χ4n) is 3.04. The predicted octanol–water partition coefficient (Wildman–Crippen LogP) is 5.95. The predicted molar refractivity (Wildman–Crippen MR) is 124 cm³/mol. The van der Waals surface area contributed by atoms with Crippen molar-refractivity contribution in [2.75, 3.05) is 14.2 Å². The number of halogens is 2. The van der Waals surface area contributed by atoms with Crippen LogP contribution in [0.2, 0.25) is 10.0 Å². The molecule has 4 aromatic rings. The van der Waals surface area contributed by atoms with Crippen LogP contribution in [0.15, 0.2) is 66.0 Å². The molecular formula is C22H18Cl2N4O2S. The average molecular weight is 473 g/mol. The van der Waals surface area contributed by atoms with Crippen LogP contribution < -0.4 is 9.47 Å². The van der Waals surface area contributed by atoms with E-state index in [-0.39, 0.29) is 0 Å². The van der Waals surface area contributed by atoms with Crippen LogP contribution in [0.1, 0.15) is 5.69 Å². The molecule has 0 saturated carbocycles. The number of hydrogen-bond acceptors (Lipinski definition) is 6. The third-order valence-corrected chi connectivity index (χ3v) is 6.00. The van der Waals surface area contributed by atoms with Gasteiger partial charge in [0.1, 0.15) is 11.5 Å². The highest BCUT2D eigenvalue weighted by atomic mass is 35.5. The molecule has 0 amide bonds. The van der Waals surface area contributed by atoms with Crippen molar-refractivity contribution in [2.45, 2.75) is 10.9 Å². The first-order valence-electron chi connectivity index (χ1n) is 9.26. The van der Waals surface area contributed by atoms with Gasteiger partial charge in [-0.2, -0.15) is 0 Å². The molecule has 4 rings (SSSR count). The molecule has 9 heteroatoms. The minimum Gasteiger partial charge on any atom is -0.496 e. The number of nitrogens with zero attached hydrogens (tertiary/aromatic N) is 4. The standard InChI is InChI=1S/C22H18Cl2N4O2S/c1-29-19-8-6-14(23)11-17(19)21-26-27-22(31-13-15-5-3-4-10-25-15)28(21)16-7-9-20(30-2)18(24)12-16/h3-12H,13H2,1-2H3. The summed E-state index contributed by atoms with van der Waals surface area (Å²) in [4.78, 5) is 4.38. The first kappa shape index (κ1) is 21.5. The van der Waals surface area contributed by atoms with Crippen molar-refractivity contribution < 1.29 is 9.47 Å². The van der Waals surface area contributed by atoms with Gasteiger partial charge in [-0.25, -0.2) is 0 Å². The molecule has 0 atom stereocenters. The third kappa shape index (κ3) is 4.63. The Morgan fingerprint density at radius 2 is 1.74 bits per heavy atom. The molecule has 0 N–H and O–H groups in total. The molecule has 158 valence electrons. The number of aromatic nitrogens is 4. The zero-order chi connectivity index (χ0) is 21.8. The average Bonchev–Trinajstić information content (AvgIpc) is 3.22. The molecule has 0 fully saturated rings. The van der Waals surface area contributed by atoms with Gasteiger partial charge < -0.3 is 9.47 Å². The van der Waals surface area contributed by atoms with Gasteiger partial charge in [0.15, 0.2) is 11.0 Å². The minimum absolute atomic E-state index is 0.485. The van der Waals surface area contributed by atoms with Crippen LogP contribution >= 0.6 is 35.0 Å². The van der Waals surface area contributed by atoms with Gasteiger partial charge in [0.25, 0.3) is 0 Å². The molecule has 6 nitrogen and oxygen atoms in total. The van der Waals surface area contributed by atoms with Gasteiger partial charge >= 0.3 is 0 Å². The van der Waals surface area contributed by atoms with Gasteiger partial charge in [0, 0.05) is 17.0 Å².